The summed E-state index contributed by atoms with van der Waals surface area (Å²) in [7, 11) is -3.75. The fourth-order valence-electron chi connectivity index (χ4n) is 3.06. The first-order valence-electron chi connectivity index (χ1n) is 9.10. The van der Waals surface area contributed by atoms with Crippen LogP contribution in [0.1, 0.15) is 22.5 Å². The van der Waals surface area contributed by atoms with Gasteiger partial charge in [0, 0.05) is 50.4 Å². The second-order valence-corrected chi connectivity index (χ2v) is 9.70. The summed E-state index contributed by atoms with van der Waals surface area (Å²) in [5.41, 5.74) is 0.855. The van der Waals surface area contributed by atoms with Gasteiger partial charge in [-0.3, -0.25) is 14.4 Å². The zero-order valence-electron chi connectivity index (χ0n) is 15.9. The van der Waals surface area contributed by atoms with E-state index in [9.17, 15) is 22.8 Å². The molecule has 1 aromatic carbocycles. The Kier molecular flexibility index (Phi) is 6.50. The Morgan fingerprint density at radius 1 is 1.14 bits per heavy atom. The fourth-order valence-corrected chi connectivity index (χ4v) is 5.92. The van der Waals surface area contributed by atoms with Gasteiger partial charge in [0.25, 0.3) is 15.9 Å². The Balaban J connectivity index is 1.49. The molecule has 1 aliphatic heterocycles. The number of carbonyl (C=O) groups excluding carboxylic acids is 2. The third kappa shape index (κ3) is 4.92. The van der Waals surface area contributed by atoms with Crippen molar-refractivity contribution in [2.24, 2.45) is 0 Å². The zero-order chi connectivity index (χ0) is 21.0. The van der Waals surface area contributed by atoms with Crippen molar-refractivity contribution in [3.05, 3.63) is 51.3 Å². The van der Waals surface area contributed by atoms with Crippen molar-refractivity contribution < 1.29 is 18.0 Å². The summed E-state index contributed by atoms with van der Waals surface area (Å²) in [6, 6.07) is 8.74. The SMILES string of the molecule is Cc1[nH]c(=O)sc1S(=O)(=O)N1CCN(C(=O)CCNC(=O)c2ccccc2)CC1. The van der Waals surface area contributed by atoms with Crippen LogP contribution in [0.5, 0.6) is 0 Å². The number of sulfonamides is 1. The van der Waals surface area contributed by atoms with E-state index in [0.29, 0.717) is 22.6 Å². The van der Waals surface area contributed by atoms with Gasteiger partial charge in [0.15, 0.2) is 4.21 Å². The van der Waals surface area contributed by atoms with E-state index < -0.39 is 14.9 Å². The van der Waals surface area contributed by atoms with Crippen LogP contribution in [-0.2, 0) is 14.8 Å². The lowest BCUT2D eigenvalue weighted by Crippen LogP contribution is -2.50. The van der Waals surface area contributed by atoms with Crippen LogP contribution in [0.2, 0.25) is 0 Å². The predicted molar refractivity (Wildman–Crippen MR) is 108 cm³/mol. The molecule has 156 valence electrons. The molecule has 29 heavy (non-hydrogen) atoms. The second kappa shape index (κ2) is 8.89. The average Bonchev–Trinajstić information content (AvgIpc) is 3.07. The molecule has 11 heteroatoms. The summed E-state index contributed by atoms with van der Waals surface area (Å²) in [6.45, 7) is 2.62. The van der Waals surface area contributed by atoms with Crippen molar-refractivity contribution in [2.45, 2.75) is 17.6 Å². The Hall–Kier alpha value is -2.50. The molecule has 0 unspecified atom stereocenters. The molecular formula is C18H22N4O5S2. The Morgan fingerprint density at radius 2 is 1.79 bits per heavy atom. The molecule has 2 aromatic rings. The predicted octanol–water partition coefficient (Wildman–Crippen LogP) is 0.398. The van der Waals surface area contributed by atoms with E-state index in [1.807, 2.05) is 6.07 Å². The van der Waals surface area contributed by atoms with Crippen molar-refractivity contribution in [1.29, 1.82) is 0 Å². The number of carbonyl (C=O) groups is 2. The number of piperazine rings is 1. The first-order chi connectivity index (χ1) is 13.8. The number of aromatic nitrogens is 1. The zero-order valence-corrected chi connectivity index (χ0v) is 17.5. The van der Waals surface area contributed by atoms with Gasteiger partial charge in [-0.05, 0) is 19.1 Å². The molecule has 9 nitrogen and oxygen atoms in total. The van der Waals surface area contributed by atoms with E-state index in [2.05, 4.69) is 10.3 Å². The highest BCUT2D eigenvalue weighted by molar-refractivity contribution is 7.91. The minimum absolute atomic E-state index is 0.0194. The number of rotatable bonds is 6. The summed E-state index contributed by atoms with van der Waals surface area (Å²) in [5, 5.41) is 2.71. The molecule has 1 aromatic heterocycles. The van der Waals surface area contributed by atoms with Crippen LogP contribution in [0, 0.1) is 6.92 Å². The summed E-state index contributed by atoms with van der Waals surface area (Å²) in [6.07, 6.45) is 0.143. The molecule has 0 atom stereocenters. The lowest BCUT2D eigenvalue weighted by atomic mass is 10.2. The molecule has 0 spiro atoms. The third-order valence-electron chi connectivity index (χ3n) is 4.61. The molecule has 2 heterocycles. The van der Waals surface area contributed by atoms with Crippen LogP contribution in [0.15, 0.2) is 39.3 Å². The Bertz CT molecular complexity index is 1040. The molecule has 0 bridgehead atoms. The van der Waals surface area contributed by atoms with Gasteiger partial charge in [0.1, 0.15) is 0 Å². The number of benzene rings is 1. The highest BCUT2D eigenvalue weighted by Gasteiger charge is 2.32. The van der Waals surface area contributed by atoms with Crippen LogP contribution in [-0.4, -0.2) is 67.1 Å². The second-order valence-electron chi connectivity index (χ2n) is 6.58. The number of nitrogens with zero attached hydrogens (tertiary/aromatic N) is 2. The topological polar surface area (TPSA) is 120 Å². The molecular weight excluding hydrogens is 416 g/mol. The molecule has 0 aliphatic carbocycles. The summed E-state index contributed by atoms with van der Waals surface area (Å²) < 4.78 is 26.7. The van der Waals surface area contributed by atoms with E-state index in [1.165, 1.54) is 4.31 Å². The van der Waals surface area contributed by atoms with Crippen LogP contribution in [0.4, 0.5) is 0 Å². The fraction of sp³-hybridized carbons (Fsp3) is 0.389. The highest BCUT2D eigenvalue weighted by Crippen LogP contribution is 2.22. The van der Waals surface area contributed by atoms with Gasteiger partial charge in [0.2, 0.25) is 5.91 Å². The van der Waals surface area contributed by atoms with Crippen LogP contribution in [0.3, 0.4) is 0 Å². The number of thiazole rings is 1. The molecule has 1 fully saturated rings. The van der Waals surface area contributed by atoms with Gasteiger partial charge in [-0.25, -0.2) is 8.42 Å². The van der Waals surface area contributed by atoms with Crippen molar-refractivity contribution in [3.63, 3.8) is 0 Å². The van der Waals surface area contributed by atoms with Crippen LogP contribution in [0.25, 0.3) is 0 Å². The molecule has 1 saturated heterocycles. The van der Waals surface area contributed by atoms with Crippen molar-refractivity contribution in [3.8, 4) is 0 Å². The van der Waals surface area contributed by atoms with Gasteiger partial charge in [0.05, 0.1) is 0 Å². The standard InChI is InChI=1S/C18H22N4O5S2/c1-13-17(28-18(25)20-13)29(26,27)22-11-9-21(10-12-22)15(23)7-8-19-16(24)14-5-3-2-4-6-14/h2-6H,7-12H2,1H3,(H,19,24)(H,20,25). The third-order valence-corrected chi connectivity index (χ3v) is 8.09. The van der Waals surface area contributed by atoms with E-state index >= 15 is 0 Å². The van der Waals surface area contributed by atoms with Crippen LogP contribution < -0.4 is 10.2 Å². The van der Waals surface area contributed by atoms with E-state index in [1.54, 1.807) is 36.1 Å². The van der Waals surface area contributed by atoms with Crippen molar-refractivity contribution in [2.75, 3.05) is 32.7 Å². The maximum atomic E-state index is 12.7. The quantitative estimate of drug-likeness (QED) is 0.676. The molecule has 2 N–H and O–H groups in total. The smallest absolute Gasteiger partial charge is 0.305 e. The monoisotopic (exact) mass is 438 g/mol. The van der Waals surface area contributed by atoms with Crippen LogP contribution >= 0.6 is 11.3 Å². The van der Waals surface area contributed by atoms with Gasteiger partial charge in [-0.1, -0.05) is 29.5 Å². The number of hydrogen-bond donors (Lipinski definition) is 2. The van der Waals surface area contributed by atoms with Crippen molar-refractivity contribution >= 4 is 33.2 Å². The molecule has 1 aliphatic rings. The minimum Gasteiger partial charge on any atom is -0.352 e. The molecule has 0 radical (unpaired) electrons. The van der Waals surface area contributed by atoms with Crippen molar-refractivity contribution in [1.82, 2.24) is 19.5 Å². The van der Waals surface area contributed by atoms with E-state index in [4.69, 9.17) is 0 Å². The number of H-pyrrole nitrogens is 1. The normalized spacial score (nSPS) is 15.3. The van der Waals surface area contributed by atoms with Gasteiger partial charge in [-0.2, -0.15) is 4.31 Å². The molecule has 0 saturated carbocycles. The average molecular weight is 439 g/mol. The number of aromatic amines is 1. The Labute approximate surface area is 172 Å². The summed E-state index contributed by atoms with van der Waals surface area (Å²) >= 11 is 0.673. The minimum atomic E-state index is -3.75. The summed E-state index contributed by atoms with van der Waals surface area (Å²) in [4.78, 5) is 39.4. The number of hydrogen-bond acceptors (Lipinski definition) is 6. The number of aryl methyl sites for hydroxylation is 1. The first kappa shape index (κ1) is 21.2. The lowest BCUT2D eigenvalue weighted by molar-refractivity contribution is -0.132. The highest BCUT2D eigenvalue weighted by atomic mass is 32.2. The largest absolute Gasteiger partial charge is 0.352 e. The van der Waals surface area contributed by atoms with E-state index in [0.717, 1.165) is 0 Å². The van der Waals surface area contributed by atoms with Gasteiger partial charge in [-0.15, -0.1) is 0 Å². The molecule has 2 amide bonds. The number of amides is 2. The van der Waals surface area contributed by atoms with E-state index in [-0.39, 0.29) is 55.2 Å². The Morgan fingerprint density at radius 3 is 2.38 bits per heavy atom. The number of nitrogens with one attached hydrogen (secondary N) is 2. The van der Waals surface area contributed by atoms with Gasteiger partial charge >= 0.3 is 4.87 Å². The maximum Gasteiger partial charge on any atom is 0.305 e. The summed E-state index contributed by atoms with van der Waals surface area (Å²) in [5.74, 6) is -0.381. The maximum absolute atomic E-state index is 12.7. The first-order valence-corrected chi connectivity index (χ1v) is 11.4. The lowest BCUT2D eigenvalue weighted by Gasteiger charge is -2.33. The van der Waals surface area contributed by atoms with Gasteiger partial charge < -0.3 is 15.2 Å². The molecule has 3 rings (SSSR count).